The number of hydrogen-bond acceptors (Lipinski definition) is 3. The van der Waals surface area contributed by atoms with Crippen LogP contribution in [0.15, 0.2) is 48.5 Å². The fraction of sp³-hybridized carbons (Fsp3) is 0.200. The molecule has 0 saturated carbocycles. The lowest BCUT2D eigenvalue weighted by atomic mass is 9.99. The minimum absolute atomic E-state index is 0. The van der Waals surface area contributed by atoms with Crippen LogP contribution in [0.3, 0.4) is 0 Å². The van der Waals surface area contributed by atoms with Gasteiger partial charge in [0.1, 0.15) is 11.5 Å². The maximum atomic E-state index is 12.1. The SMILES string of the molecule is COc1ccc([C@H](N)c2ccc(OC(F)(F)F)cc2)cc1.Cl. The Morgan fingerprint density at radius 2 is 1.27 bits per heavy atom. The van der Waals surface area contributed by atoms with Gasteiger partial charge in [0.2, 0.25) is 0 Å². The van der Waals surface area contributed by atoms with Crippen LogP contribution in [0, 0.1) is 0 Å². The van der Waals surface area contributed by atoms with Gasteiger partial charge in [-0.15, -0.1) is 25.6 Å². The van der Waals surface area contributed by atoms with Crippen LogP contribution in [0.4, 0.5) is 13.2 Å². The molecule has 0 aromatic heterocycles. The van der Waals surface area contributed by atoms with Crippen LogP contribution in [0.5, 0.6) is 11.5 Å². The smallest absolute Gasteiger partial charge is 0.497 e. The third-order valence-electron chi connectivity index (χ3n) is 2.95. The number of methoxy groups -OCH3 is 1. The van der Waals surface area contributed by atoms with E-state index < -0.39 is 12.4 Å². The van der Waals surface area contributed by atoms with Gasteiger partial charge < -0.3 is 15.2 Å². The van der Waals surface area contributed by atoms with Crippen molar-refractivity contribution in [2.45, 2.75) is 12.4 Å². The Hall–Kier alpha value is -1.92. The van der Waals surface area contributed by atoms with Gasteiger partial charge in [-0.05, 0) is 35.4 Å². The Balaban J connectivity index is 0.00000242. The van der Waals surface area contributed by atoms with Crippen LogP contribution in [-0.4, -0.2) is 13.5 Å². The van der Waals surface area contributed by atoms with Gasteiger partial charge in [-0.3, -0.25) is 0 Å². The Labute approximate surface area is 132 Å². The Morgan fingerprint density at radius 1 is 0.864 bits per heavy atom. The lowest BCUT2D eigenvalue weighted by molar-refractivity contribution is -0.274. The van der Waals surface area contributed by atoms with E-state index in [4.69, 9.17) is 10.5 Å². The van der Waals surface area contributed by atoms with E-state index in [1.54, 1.807) is 19.2 Å². The number of alkyl halides is 3. The van der Waals surface area contributed by atoms with E-state index in [1.807, 2.05) is 12.1 Å². The number of nitrogens with two attached hydrogens (primary N) is 1. The molecule has 0 bridgehead atoms. The molecule has 22 heavy (non-hydrogen) atoms. The summed E-state index contributed by atoms with van der Waals surface area (Å²) in [6.45, 7) is 0. The molecule has 120 valence electrons. The predicted octanol–water partition coefficient (Wildman–Crippen LogP) is 4.06. The van der Waals surface area contributed by atoms with Crippen molar-refractivity contribution in [3.05, 3.63) is 59.7 Å². The largest absolute Gasteiger partial charge is 0.573 e. The molecule has 7 heteroatoms. The first-order valence-corrected chi connectivity index (χ1v) is 6.14. The van der Waals surface area contributed by atoms with Crippen molar-refractivity contribution in [2.75, 3.05) is 7.11 Å². The molecule has 2 aromatic rings. The molecule has 0 spiro atoms. The summed E-state index contributed by atoms with van der Waals surface area (Å²) < 4.78 is 45.1. The van der Waals surface area contributed by atoms with Crippen molar-refractivity contribution < 1.29 is 22.6 Å². The zero-order valence-electron chi connectivity index (χ0n) is 11.6. The second-order valence-electron chi connectivity index (χ2n) is 4.37. The number of ether oxygens (including phenoxy) is 2. The lowest BCUT2D eigenvalue weighted by Gasteiger charge is -2.14. The normalized spacial score (nSPS) is 12.2. The number of hydrogen-bond donors (Lipinski definition) is 1. The Morgan fingerprint density at radius 3 is 1.64 bits per heavy atom. The first-order chi connectivity index (χ1) is 9.89. The van der Waals surface area contributed by atoms with Crippen LogP contribution in [0.2, 0.25) is 0 Å². The highest BCUT2D eigenvalue weighted by Crippen LogP contribution is 2.26. The van der Waals surface area contributed by atoms with Gasteiger partial charge in [0.15, 0.2) is 0 Å². The number of rotatable bonds is 4. The fourth-order valence-corrected chi connectivity index (χ4v) is 1.88. The van der Waals surface area contributed by atoms with E-state index in [-0.39, 0.29) is 18.2 Å². The van der Waals surface area contributed by atoms with E-state index in [0.717, 1.165) is 5.56 Å². The first kappa shape index (κ1) is 18.1. The first-order valence-electron chi connectivity index (χ1n) is 6.14. The lowest BCUT2D eigenvalue weighted by Crippen LogP contribution is -2.17. The average Bonchev–Trinajstić information content (AvgIpc) is 2.46. The van der Waals surface area contributed by atoms with Crippen LogP contribution in [-0.2, 0) is 0 Å². The summed E-state index contributed by atoms with van der Waals surface area (Å²) in [4.78, 5) is 0. The van der Waals surface area contributed by atoms with Gasteiger partial charge in [-0.1, -0.05) is 24.3 Å². The fourth-order valence-electron chi connectivity index (χ4n) is 1.88. The van der Waals surface area contributed by atoms with E-state index >= 15 is 0 Å². The predicted molar refractivity (Wildman–Crippen MR) is 79.4 cm³/mol. The van der Waals surface area contributed by atoms with E-state index in [1.165, 1.54) is 24.3 Å². The maximum absolute atomic E-state index is 12.1. The van der Waals surface area contributed by atoms with Crippen molar-refractivity contribution in [3.63, 3.8) is 0 Å². The maximum Gasteiger partial charge on any atom is 0.573 e. The topological polar surface area (TPSA) is 44.5 Å². The van der Waals surface area contributed by atoms with Gasteiger partial charge in [0.05, 0.1) is 13.2 Å². The molecule has 3 nitrogen and oxygen atoms in total. The molecule has 0 unspecified atom stereocenters. The van der Waals surface area contributed by atoms with Gasteiger partial charge in [-0.2, -0.15) is 0 Å². The molecule has 0 heterocycles. The van der Waals surface area contributed by atoms with Crippen LogP contribution in [0.1, 0.15) is 17.2 Å². The van der Waals surface area contributed by atoms with Crippen molar-refractivity contribution in [1.82, 2.24) is 0 Å². The number of halogens is 4. The average molecular weight is 334 g/mol. The highest BCUT2D eigenvalue weighted by atomic mass is 35.5. The molecular weight excluding hydrogens is 319 g/mol. The zero-order valence-corrected chi connectivity index (χ0v) is 12.4. The minimum Gasteiger partial charge on any atom is -0.497 e. The van der Waals surface area contributed by atoms with Gasteiger partial charge in [-0.25, -0.2) is 0 Å². The minimum atomic E-state index is -4.69. The Kier molecular flexibility index (Phi) is 6.08. The van der Waals surface area contributed by atoms with Gasteiger partial charge in [0, 0.05) is 0 Å². The van der Waals surface area contributed by atoms with Crippen LogP contribution in [0.25, 0.3) is 0 Å². The summed E-state index contributed by atoms with van der Waals surface area (Å²) in [6.07, 6.45) is -4.69. The van der Waals surface area contributed by atoms with Crippen LogP contribution >= 0.6 is 12.4 Å². The summed E-state index contributed by atoms with van der Waals surface area (Å²) in [6, 6.07) is 12.2. The van der Waals surface area contributed by atoms with Crippen molar-refractivity contribution in [1.29, 1.82) is 0 Å². The molecule has 0 aliphatic heterocycles. The Bertz CT molecular complexity index is 585. The van der Waals surface area contributed by atoms with Crippen molar-refractivity contribution >= 4 is 12.4 Å². The molecule has 0 aliphatic rings. The second-order valence-corrected chi connectivity index (χ2v) is 4.37. The number of benzene rings is 2. The van der Waals surface area contributed by atoms with Crippen molar-refractivity contribution in [3.8, 4) is 11.5 Å². The summed E-state index contributed by atoms with van der Waals surface area (Å²) >= 11 is 0. The monoisotopic (exact) mass is 333 g/mol. The molecule has 2 aromatic carbocycles. The summed E-state index contributed by atoms with van der Waals surface area (Å²) in [5, 5.41) is 0. The molecular formula is C15H15ClF3NO2. The highest BCUT2D eigenvalue weighted by Gasteiger charge is 2.31. The van der Waals surface area contributed by atoms with E-state index in [2.05, 4.69) is 4.74 Å². The second kappa shape index (κ2) is 7.38. The van der Waals surface area contributed by atoms with Crippen molar-refractivity contribution in [2.24, 2.45) is 5.73 Å². The molecule has 0 amide bonds. The molecule has 2 rings (SSSR count). The quantitative estimate of drug-likeness (QED) is 0.917. The molecule has 0 saturated heterocycles. The zero-order chi connectivity index (χ0) is 15.5. The third-order valence-corrected chi connectivity index (χ3v) is 2.95. The van der Waals surface area contributed by atoms with Gasteiger partial charge >= 0.3 is 6.36 Å². The third kappa shape index (κ3) is 4.82. The summed E-state index contributed by atoms with van der Waals surface area (Å²) in [5.41, 5.74) is 7.60. The standard InChI is InChI=1S/C15H14F3NO2.ClH/c1-20-12-6-2-10(3-7-12)14(19)11-4-8-13(9-5-11)21-15(16,17)18;/h2-9,14H,19H2,1H3;1H/t14-;/m0./s1. The molecule has 0 fully saturated rings. The summed E-state index contributed by atoms with van der Waals surface area (Å²) in [7, 11) is 1.56. The van der Waals surface area contributed by atoms with Gasteiger partial charge in [0.25, 0.3) is 0 Å². The highest BCUT2D eigenvalue weighted by molar-refractivity contribution is 5.85. The molecule has 0 aliphatic carbocycles. The van der Waals surface area contributed by atoms with Crippen LogP contribution < -0.4 is 15.2 Å². The van der Waals surface area contributed by atoms with E-state index in [9.17, 15) is 13.2 Å². The molecule has 2 N–H and O–H groups in total. The van der Waals surface area contributed by atoms with E-state index in [0.29, 0.717) is 11.3 Å². The summed E-state index contributed by atoms with van der Waals surface area (Å²) in [5.74, 6) is 0.438. The molecule has 1 atom stereocenters. The molecule has 0 radical (unpaired) electrons.